The molecule has 0 aliphatic carbocycles. The number of carbonyl (C=O) groups is 1. The van der Waals surface area contributed by atoms with E-state index in [9.17, 15) is 4.79 Å². The van der Waals surface area contributed by atoms with Gasteiger partial charge in [-0.1, -0.05) is 11.8 Å². The van der Waals surface area contributed by atoms with Gasteiger partial charge in [-0.3, -0.25) is 0 Å². The predicted molar refractivity (Wildman–Crippen MR) is 62.1 cm³/mol. The van der Waals surface area contributed by atoms with Crippen molar-refractivity contribution in [1.82, 2.24) is 15.0 Å². The van der Waals surface area contributed by atoms with Crippen LogP contribution in [0, 0.1) is 6.92 Å². The summed E-state index contributed by atoms with van der Waals surface area (Å²) in [5.74, 6) is -0.353. The van der Waals surface area contributed by atoms with Gasteiger partial charge in [0.2, 0.25) is 0 Å². The summed E-state index contributed by atoms with van der Waals surface area (Å²) in [6.45, 7) is 1.80. The summed E-state index contributed by atoms with van der Waals surface area (Å²) in [5, 5.41) is 9.60. The van der Waals surface area contributed by atoms with Gasteiger partial charge < -0.3 is 5.11 Å². The van der Waals surface area contributed by atoms with Crippen LogP contribution in [0.3, 0.4) is 0 Å². The van der Waals surface area contributed by atoms with Gasteiger partial charge in [-0.05, 0) is 25.1 Å². The quantitative estimate of drug-likeness (QED) is 0.836. The molecule has 0 atom stereocenters. The molecule has 0 aromatic carbocycles. The predicted octanol–water partition coefficient (Wildman–Crippen LogP) is 2.03. The van der Waals surface area contributed by atoms with Crippen LogP contribution in [-0.4, -0.2) is 26.0 Å². The van der Waals surface area contributed by atoms with Crippen molar-refractivity contribution in [2.45, 2.75) is 16.8 Å². The molecule has 0 fully saturated rings. The first-order chi connectivity index (χ1) is 8.15. The zero-order valence-electron chi connectivity index (χ0n) is 8.99. The topological polar surface area (TPSA) is 76.0 Å². The van der Waals surface area contributed by atoms with Crippen molar-refractivity contribution in [3.8, 4) is 0 Å². The standard InChI is InChI=1S/C11H9N3O2S/c1-7-12-5-3-10(14-7)17-8-2-4-13-9(6-8)11(15)16/h2-6H,1H3,(H,15,16). The lowest BCUT2D eigenvalue weighted by atomic mass is 10.3. The molecule has 17 heavy (non-hydrogen) atoms. The van der Waals surface area contributed by atoms with Gasteiger partial charge in [0, 0.05) is 17.3 Å². The molecule has 5 nitrogen and oxygen atoms in total. The Hall–Kier alpha value is -1.95. The molecule has 0 aliphatic heterocycles. The zero-order chi connectivity index (χ0) is 12.3. The third-order valence-corrected chi connectivity index (χ3v) is 2.85. The van der Waals surface area contributed by atoms with Crippen LogP contribution < -0.4 is 0 Å². The number of carboxylic acid groups (broad SMARTS) is 1. The van der Waals surface area contributed by atoms with Gasteiger partial charge in [-0.2, -0.15) is 0 Å². The Labute approximate surface area is 102 Å². The van der Waals surface area contributed by atoms with Crippen LogP contribution >= 0.6 is 11.8 Å². The second-order valence-electron chi connectivity index (χ2n) is 3.23. The number of pyridine rings is 1. The van der Waals surface area contributed by atoms with Crippen LogP contribution in [0.1, 0.15) is 16.3 Å². The van der Waals surface area contributed by atoms with Gasteiger partial charge in [0.25, 0.3) is 0 Å². The molecule has 0 spiro atoms. The van der Waals surface area contributed by atoms with Crippen LogP contribution in [-0.2, 0) is 0 Å². The van der Waals surface area contributed by atoms with Gasteiger partial charge in [0.15, 0.2) is 0 Å². The number of hydrogen-bond donors (Lipinski definition) is 1. The summed E-state index contributed by atoms with van der Waals surface area (Å²) in [6, 6.07) is 5.04. The molecule has 86 valence electrons. The summed E-state index contributed by atoms with van der Waals surface area (Å²) in [6.07, 6.45) is 3.14. The largest absolute Gasteiger partial charge is 0.477 e. The molecule has 2 rings (SSSR count). The lowest BCUT2D eigenvalue weighted by Gasteiger charge is -2.01. The maximum Gasteiger partial charge on any atom is 0.354 e. The van der Waals surface area contributed by atoms with E-state index in [2.05, 4.69) is 15.0 Å². The minimum absolute atomic E-state index is 0.0285. The molecule has 2 aromatic rings. The van der Waals surface area contributed by atoms with E-state index < -0.39 is 5.97 Å². The van der Waals surface area contributed by atoms with E-state index in [0.29, 0.717) is 5.82 Å². The molecule has 2 heterocycles. The summed E-state index contributed by atoms with van der Waals surface area (Å²) in [5.41, 5.74) is 0.0285. The highest BCUT2D eigenvalue weighted by Gasteiger charge is 2.06. The average Bonchev–Trinajstić information content (AvgIpc) is 2.29. The van der Waals surface area contributed by atoms with Gasteiger partial charge in [0.1, 0.15) is 16.5 Å². The number of aryl methyl sites for hydroxylation is 1. The molecule has 0 bridgehead atoms. The first-order valence-corrected chi connectivity index (χ1v) is 5.63. The van der Waals surface area contributed by atoms with E-state index in [0.717, 1.165) is 9.92 Å². The normalized spacial score (nSPS) is 10.2. The van der Waals surface area contributed by atoms with Crippen molar-refractivity contribution >= 4 is 17.7 Å². The smallest absolute Gasteiger partial charge is 0.354 e. The Morgan fingerprint density at radius 1 is 1.29 bits per heavy atom. The number of nitrogens with zero attached hydrogens (tertiary/aromatic N) is 3. The average molecular weight is 247 g/mol. The lowest BCUT2D eigenvalue weighted by Crippen LogP contribution is -1.99. The van der Waals surface area contributed by atoms with Crippen molar-refractivity contribution in [3.63, 3.8) is 0 Å². The van der Waals surface area contributed by atoms with Crippen LogP contribution in [0.15, 0.2) is 40.5 Å². The Balaban J connectivity index is 2.24. The van der Waals surface area contributed by atoms with Gasteiger partial charge in [-0.15, -0.1) is 0 Å². The molecule has 6 heteroatoms. The molecule has 0 aliphatic rings. The molecule has 1 N–H and O–H groups in total. The Bertz CT molecular complexity index is 560. The Morgan fingerprint density at radius 2 is 2.06 bits per heavy atom. The van der Waals surface area contributed by atoms with Gasteiger partial charge >= 0.3 is 5.97 Å². The van der Waals surface area contributed by atoms with E-state index in [1.807, 2.05) is 0 Å². The molecule has 0 saturated heterocycles. The SMILES string of the molecule is Cc1nccc(Sc2ccnc(C(=O)O)c2)n1. The molecule has 0 unspecified atom stereocenters. The van der Waals surface area contributed by atoms with E-state index in [1.165, 1.54) is 24.0 Å². The second kappa shape index (κ2) is 4.92. The van der Waals surface area contributed by atoms with Crippen LogP contribution in [0.2, 0.25) is 0 Å². The van der Waals surface area contributed by atoms with Crippen LogP contribution in [0.25, 0.3) is 0 Å². The number of hydrogen-bond acceptors (Lipinski definition) is 5. The molecule has 0 amide bonds. The van der Waals surface area contributed by atoms with Gasteiger partial charge in [-0.25, -0.2) is 19.7 Å². The molecule has 2 aromatic heterocycles. The van der Waals surface area contributed by atoms with E-state index in [-0.39, 0.29) is 5.69 Å². The maximum absolute atomic E-state index is 10.8. The minimum Gasteiger partial charge on any atom is -0.477 e. The zero-order valence-corrected chi connectivity index (χ0v) is 9.81. The Morgan fingerprint density at radius 3 is 2.76 bits per heavy atom. The van der Waals surface area contributed by atoms with Crippen LogP contribution in [0.4, 0.5) is 0 Å². The van der Waals surface area contributed by atoms with Crippen molar-refractivity contribution in [2.24, 2.45) is 0 Å². The number of aromatic carboxylic acids is 1. The number of carboxylic acids is 1. The highest BCUT2D eigenvalue weighted by atomic mass is 32.2. The highest BCUT2D eigenvalue weighted by molar-refractivity contribution is 7.99. The monoisotopic (exact) mass is 247 g/mol. The van der Waals surface area contributed by atoms with Gasteiger partial charge in [0.05, 0.1) is 0 Å². The summed E-state index contributed by atoms with van der Waals surface area (Å²) < 4.78 is 0. The minimum atomic E-state index is -1.04. The fourth-order valence-electron chi connectivity index (χ4n) is 1.20. The Kier molecular flexibility index (Phi) is 3.34. The third kappa shape index (κ3) is 3.01. The number of rotatable bonds is 3. The van der Waals surface area contributed by atoms with E-state index in [1.54, 1.807) is 25.3 Å². The maximum atomic E-state index is 10.8. The summed E-state index contributed by atoms with van der Waals surface area (Å²) in [7, 11) is 0. The van der Waals surface area contributed by atoms with E-state index in [4.69, 9.17) is 5.11 Å². The molecular weight excluding hydrogens is 238 g/mol. The van der Waals surface area contributed by atoms with E-state index >= 15 is 0 Å². The highest BCUT2D eigenvalue weighted by Crippen LogP contribution is 2.25. The fraction of sp³-hybridized carbons (Fsp3) is 0.0909. The number of aromatic nitrogens is 3. The molecular formula is C11H9N3O2S. The molecule has 0 saturated carbocycles. The summed E-state index contributed by atoms with van der Waals surface area (Å²) in [4.78, 5) is 23.5. The lowest BCUT2D eigenvalue weighted by molar-refractivity contribution is 0.0690. The summed E-state index contributed by atoms with van der Waals surface area (Å²) >= 11 is 1.38. The second-order valence-corrected chi connectivity index (χ2v) is 4.32. The van der Waals surface area contributed by atoms with Crippen molar-refractivity contribution < 1.29 is 9.90 Å². The van der Waals surface area contributed by atoms with Crippen molar-refractivity contribution in [1.29, 1.82) is 0 Å². The fourth-order valence-corrected chi connectivity index (χ4v) is 2.05. The first-order valence-electron chi connectivity index (χ1n) is 4.82. The van der Waals surface area contributed by atoms with Crippen molar-refractivity contribution in [2.75, 3.05) is 0 Å². The third-order valence-electron chi connectivity index (χ3n) is 1.92. The first kappa shape index (κ1) is 11.5. The molecule has 0 radical (unpaired) electrons. The van der Waals surface area contributed by atoms with Crippen molar-refractivity contribution in [3.05, 3.63) is 42.1 Å². The van der Waals surface area contributed by atoms with Crippen LogP contribution in [0.5, 0.6) is 0 Å².